The second-order valence-electron chi connectivity index (χ2n) is 8.19. The molecule has 1 aromatic rings. The molecule has 0 aliphatic rings. The zero-order valence-corrected chi connectivity index (χ0v) is 22.6. The average molecular weight is 571 g/mol. The van der Waals surface area contributed by atoms with Crippen molar-refractivity contribution in [2.45, 2.75) is 72.5 Å². The van der Waals surface area contributed by atoms with Crippen molar-refractivity contribution in [2.24, 2.45) is 5.10 Å². The molecule has 1 heterocycles. The summed E-state index contributed by atoms with van der Waals surface area (Å²) in [6, 6.07) is 0. The van der Waals surface area contributed by atoms with Gasteiger partial charge in [0.05, 0.1) is 6.21 Å². The minimum absolute atomic E-state index is 0.169. The van der Waals surface area contributed by atoms with E-state index in [1.165, 1.54) is 6.92 Å². The van der Waals surface area contributed by atoms with Gasteiger partial charge >= 0.3 is 35.5 Å². The van der Waals surface area contributed by atoms with Crippen molar-refractivity contribution in [3.8, 4) is 0 Å². The molecule has 1 rings (SSSR count). The largest absolute Gasteiger partial charge is 0.462 e. The van der Waals surface area contributed by atoms with E-state index in [1.54, 1.807) is 0 Å². The lowest BCUT2D eigenvalue weighted by atomic mass is 10.0. The molecular formula is C23H30N4O13. The maximum Gasteiger partial charge on any atom is 0.328 e. The third-order valence-electron chi connectivity index (χ3n) is 4.60. The highest BCUT2D eigenvalue weighted by atomic mass is 16.6. The number of nitrogens with zero attached hydrogens (tertiary/aromatic N) is 2. The summed E-state index contributed by atoms with van der Waals surface area (Å²) >= 11 is 0. The van der Waals surface area contributed by atoms with Gasteiger partial charge in [-0.15, -0.1) is 0 Å². The van der Waals surface area contributed by atoms with Crippen LogP contribution in [0.1, 0.15) is 40.2 Å². The lowest BCUT2D eigenvalue weighted by Crippen LogP contribution is -2.53. The van der Waals surface area contributed by atoms with Gasteiger partial charge in [-0.25, -0.2) is 10.2 Å². The van der Waals surface area contributed by atoms with Crippen molar-refractivity contribution < 1.29 is 52.5 Å². The second kappa shape index (κ2) is 15.6. The number of carbonyl (C=O) groups excluding carboxylic acids is 6. The van der Waals surface area contributed by atoms with Gasteiger partial charge in [-0.1, -0.05) is 0 Å². The quantitative estimate of drug-likeness (QED) is 0.116. The molecule has 0 bridgehead atoms. The monoisotopic (exact) mass is 570 g/mol. The molecule has 0 fully saturated rings. The number of carbonyl (C=O) groups is 6. The molecule has 2 N–H and O–H groups in total. The van der Waals surface area contributed by atoms with Crippen molar-refractivity contribution in [1.82, 2.24) is 15.0 Å². The van der Waals surface area contributed by atoms with Crippen LogP contribution in [-0.2, 0) is 59.0 Å². The second-order valence-corrected chi connectivity index (χ2v) is 8.19. The van der Waals surface area contributed by atoms with Gasteiger partial charge in [0.25, 0.3) is 11.5 Å². The minimum Gasteiger partial charge on any atom is -0.462 e. The molecule has 0 aliphatic carbocycles. The molecule has 220 valence electrons. The molecule has 17 heteroatoms. The fourth-order valence-electron chi connectivity index (χ4n) is 3.15. The first-order valence-corrected chi connectivity index (χ1v) is 11.5. The van der Waals surface area contributed by atoms with E-state index in [0.29, 0.717) is 0 Å². The highest BCUT2D eigenvalue weighted by Crippen LogP contribution is 2.19. The number of nitrogens with one attached hydrogen (secondary N) is 2. The summed E-state index contributed by atoms with van der Waals surface area (Å²) in [5, 5.41) is 3.66. The van der Waals surface area contributed by atoms with Crippen molar-refractivity contribution in [2.75, 3.05) is 6.61 Å². The summed E-state index contributed by atoms with van der Waals surface area (Å²) in [5.74, 6) is -5.30. The molecule has 0 saturated carbocycles. The SMILES string of the molecule is CC(=O)OC[C@@H](OC(C)=O)[C@@H](OC(C)=O)[C@H](OC(C)=O)[C@H](/C=N/NC(=O)Cn1cc(C)c(=O)[nH]c1=O)OC(C)=O. The van der Waals surface area contributed by atoms with Gasteiger partial charge in [0.15, 0.2) is 24.4 Å². The van der Waals surface area contributed by atoms with Crippen molar-refractivity contribution in [3.05, 3.63) is 32.6 Å². The Hall–Kier alpha value is -4.83. The fourth-order valence-corrected chi connectivity index (χ4v) is 3.15. The summed E-state index contributed by atoms with van der Waals surface area (Å²) in [4.78, 5) is 96.6. The number of aromatic amines is 1. The molecule has 0 spiro atoms. The summed E-state index contributed by atoms with van der Waals surface area (Å²) in [5.41, 5.74) is 0.767. The zero-order chi connectivity index (χ0) is 30.6. The number of hydrogen-bond acceptors (Lipinski definition) is 14. The van der Waals surface area contributed by atoms with Crippen LogP contribution >= 0.6 is 0 Å². The highest BCUT2D eigenvalue weighted by molar-refractivity contribution is 5.78. The molecule has 0 aromatic carbocycles. The molecule has 1 aromatic heterocycles. The zero-order valence-electron chi connectivity index (χ0n) is 22.6. The van der Waals surface area contributed by atoms with E-state index < -0.39 is 84.6 Å². The third-order valence-corrected chi connectivity index (χ3v) is 4.60. The molecule has 4 atom stereocenters. The fraction of sp³-hybridized carbons (Fsp3) is 0.522. The Labute approximate surface area is 226 Å². The number of hydrazone groups is 1. The number of aromatic nitrogens is 2. The normalized spacial score (nSPS) is 13.8. The number of esters is 5. The molecular weight excluding hydrogens is 540 g/mol. The van der Waals surface area contributed by atoms with Crippen LogP contribution in [0, 0.1) is 6.92 Å². The van der Waals surface area contributed by atoms with Gasteiger partial charge in [-0.05, 0) is 6.92 Å². The number of aryl methyl sites for hydroxylation is 1. The third kappa shape index (κ3) is 11.7. The van der Waals surface area contributed by atoms with Crippen LogP contribution in [0.3, 0.4) is 0 Å². The lowest BCUT2D eigenvalue weighted by molar-refractivity contribution is -0.197. The number of hydrogen-bond donors (Lipinski definition) is 2. The Morgan fingerprint density at radius 2 is 1.43 bits per heavy atom. The van der Waals surface area contributed by atoms with Gasteiger partial charge in [-0.3, -0.25) is 43.1 Å². The number of H-pyrrole nitrogens is 1. The van der Waals surface area contributed by atoms with Crippen LogP contribution in [0.2, 0.25) is 0 Å². The maximum atomic E-state index is 12.3. The van der Waals surface area contributed by atoms with Gasteiger partial charge < -0.3 is 23.7 Å². The predicted octanol–water partition coefficient (Wildman–Crippen LogP) is -1.76. The van der Waals surface area contributed by atoms with E-state index in [4.69, 9.17) is 23.7 Å². The van der Waals surface area contributed by atoms with E-state index in [0.717, 1.165) is 51.6 Å². The van der Waals surface area contributed by atoms with Crippen LogP contribution in [0.15, 0.2) is 20.9 Å². The Morgan fingerprint density at radius 1 is 0.875 bits per heavy atom. The van der Waals surface area contributed by atoms with Crippen molar-refractivity contribution >= 4 is 42.0 Å². The van der Waals surface area contributed by atoms with Gasteiger partial charge in [-0.2, -0.15) is 5.10 Å². The summed E-state index contributed by atoms with van der Waals surface area (Å²) in [6.07, 6.45) is -4.63. The maximum absolute atomic E-state index is 12.3. The van der Waals surface area contributed by atoms with E-state index in [2.05, 4.69) is 10.5 Å². The van der Waals surface area contributed by atoms with Crippen LogP contribution < -0.4 is 16.7 Å². The first kappa shape index (κ1) is 33.2. The Bertz CT molecular complexity index is 1270. The summed E-state index contributed by atoms with van der Waals surface area (Å²) in [6.45, 7) is 5.27. The van der Waals surface area contributed by atoms with E-state index in [9.17, 15) is 38.4 Å². The van der Waals surface area contributed by atoms with Crippen LogP contribution in [0.5, 0.6) is 0 Å². The topological polar surface area (TPSA) is 228 Å². The minimum atomic E-state index is -1.73. The van der Waals surface area contributed by atoms with E-state index in [-0.39, 0.29) is 5.56 Å². The smallest absolute Gasteiger partial charge is 0.328 e. The predicted molar refractivity (Wildman–Crippen MR) is 132 cm³/mol. The average Bonchev–Trinajstić information content (AvgIpc) is 2.81. The number of ether oxygens (including phenoxy) is 5. The van der Waals surface area contributed by atoms with Crippen LogP contribution in [0.4, 0.5) is 0 Å². The van der Waals surface area contributed by atoms with Gasteiger partial charge in [0.2, 0.25) is 0 Å². The first-order valence-electron chi connectivity index (χ1n) is 11.5. The standard InChI is InChI=1S/C23H30N4O13/c1-11-8-27(23(35)25-22(11)34)9-19(33)26-24-7-17(37-13(3)29)20(39-15(5)31)21(40-16(6)32)18(38-14(4)30)10-36-12(2)28/h7-8,17-18,20-21H,9-10H2,1-6H3,(H,26,33)(H,25,34,35)/b24-7+/t17-,18+,20+,21+/m0/s1. The van der Waals surface area contributed by atoms with Crippen molar-refractivity contribution in [1.29, 1.82) is 0 Å². The highest BCUT2D eigenvalue weighted by Gasteiger charge is 2.43. The van der Waals surface area contributed by atoms with Gasteiger partial charge in [0, 0.05) is 46.4 Å². The molecule has 0 unspecified atom stereocenters. The number of amides is 1. The lowest BCUT2D eigenvalue weighted by Gasteiger charge is -2.34. The Balaban J connectivity index is 3.37. The number of rotatable bonds is 13. The van der Waals surface area contributed by atoms with Gasteiger partial charge in [0.1, 0.15) is 13.2 Å². The Morgan fingerprint density at radius 3 is 1.95 bits per heavy atom. The molecule has 0 radical (unpaired) electrons. The first-order chi connectivity index (χ1) is 18.6. The molecule has 0 aliphatic heterocycles. The summed E-state index contributed by atoms with van der Waals surface area (Å²) in [7, 11) is 0. The van der Waals surface area contributed by atoms with Crippen LogP contribution in [0.25, 0.3) is 0 Å². The van der Waals surface area contributed by atoms with E-state index >= 15 is 0 Å². The molecule has 17 nitrogen and oxygen atoms in total. The Kier molecular flexibility index (Phi) is 12.9. The van der Waals surface area contributed by atoms with Crippen LogP contribution in [-0.4, -0.2) is 82.5 Å². The molecule has 40 heavy (non-hydrogen) atoms. The van der Waals surface area contributed by atoms with E-state index in [1.807, 2.05) is 4.98 Å². The summed E-state index contributed by atoms with van der Waals surface area (Å²) < 4.78 is 26.5. The van der Waals surface area contributed by atoms with Crippen molar-refractivity contribution in [3.63, 3.8) is 0 Å². The molecule has 0 saturated heterocycles. The molecule has 1 amide bonds.